The summed E-state index contributed by atoms with van der Waals surface area (Å²) in [5.74, 6) is -2.50. The molecule has 0 bridgehead atoms. The first-order chi connectivity index (χ1) is 21.2. The Morgan fingerprint density at radius 3 is 2.34 bits per heavy atom. The van der Waals surface area contributed by atoms with Gasteiger partial charge in [-0.2, -0.15) is 4.39 Å². The van der Waals surface area contributed by atoms with Crippen molar-refractivity contribution >= 4 is 35.0 Å². The standard InChI is InChI=1S/C31H33ClF2N6O4/c1-38-24(22-5-6-25(44-2)27(34)26(22)33)12-36-28(38)29(41)37-20-3-4-21(23(32)11-20)31(43)40-15-18-13-39(14-19(18)16-40)30(42)17-7-9-35-10-8-17/h3-6,11-12,17-19,35H,7-10,13-16H2,1-2H3,(H,37,41)/t18-,19+. The van der Waals surface area contributed by atoms with Gasteiger partial charge in [0.25, 0.3) is 11.8 Å². The molecule has 13 heteroatoms. The number of anilines is 1. The fraction of sp³-hybridized carbons (Fsp3) is 0.419. The highest BCUT2D eigenvalue weighted by Crippen LogP contribution is 2.35. The fourth-order valence-electron chi connectivity index (χ4n) is 6.55. The Morgan fingerprint density at radius 1 is 1.00 bits per heavy atom. The van der Waals surface area contributed by atoms with E-state index in [0.717, 1.165) is 25.9 Å². The SMILES string of the molecule is COc1ccc(-c2cnc(C(=O)Nc3ccc(C(=O)N4C[C@@H]5CN(C(=O)C6CCNCC6)C[C@@H]5C4)c(Cl)c3)n2C)c(F)c1F. The monoisotopic (exact) mass is 626 g/mol. The predicted molar refractivity (Wildman–Crippen MR) is 160 cm³/mol. The van der Waals surface area contributed by atoms with Crippen LogP contribution >= 0.6 is 11.6 Å². The molecule has 2 N–H and O–H groups in total. The molecule has 6 rings (SSSR count). The van der Waals surface area contributed by atoms with Crippen LogP contribution in [0.1, 0.15) is 33.8 Å². The van der Waals surface area contributed by atoms with E-state index in [4.69, 9.17) is 16.3 Å². The topological polar surface area (TPSA) is 109 Å². The Morgan fingerprint density at radius 2 is 1.68 bits per heavy atom. The van der Waals surface area contributed by atoms with Gasteiger partial charge in [-0.15, -0.1) is 0 Å². The van der Waals surface area contributed by atoms with Crippen LogP contribution in [0, 0.1) is 29.4 Å². The molecule has 3 amide bonds. The Balaban J connectivity index is 1.08. The molecule has 0 saturated carbocycles. The van der Waals surface area contributed by atoms with Crippen molar-refractivity contribution in [1.82, 2.24) is 24.7 Å². The Hall–Kier alpha value is -4.03. The minimum Gasteiger partial charge on any atom is -0.494 e. The van der Waals surface area contributed by atoms with Crippen molar-refractivity contribution in [1.29, 1.82) is 0 Å². The number of hydrogen-bond acceptors (Lipinski definition) is 6. The van der Waals surface area contributed by atoms with Gasteiger partial charge in [0.2, 0.25) is 11.7 Å². The lowest BCUT2D eigenvalue weighted by molar-refractivity contribution is -0.135. The molecule has 3 aliphatic heterocycles. The van der Waals surface area contributed by atoms with E-state index in [1.807, 2.05) is 4.90 Å². The van der Waals surface area contributed by atoms with Gasteiger partial charge >= 0.3 is 0 Å². The van der Waals surface area contributed by atoms with Crippen molar-refractivity contribution in [3.63, 3.8) is 0 Å². The molecular weight excluding hydrogens is 594 g/mol. The summed E-state index contributed by atoms with van der Waals surface area (Å²) in [7, 11) is 2.76. The second kappa shape index (κ2) is 12.2. The molecule has 4 heterocycles. The lowest BCUT2D eigenvalue weighted by atomic mass is 9.96. The second-order valence-corrected chi connectivity index (χ2v) is 12.0. The minimum atomic E-state index is -1.14. The summed E-state index contributed by atoms with van der Waals surface area (Å²) in [6.45, 7) is 4.22. The smallest absolute Gasteiger partial charge is 0.291 e. The molecular formula is C31H33ClF2N6O4. The van der Waals surface area contributed by atoms with Crippen LogP contribution in [0.15, 0.2) is 36.5 Å². The van der Waals surface area contributed by atoms with Gasteiger partial charge in [-0.25, -0.2) is 9.37 Å². The molecule has 0 radical (unpaired) electrons. The number of carbonyl (C=O) groups excluding carboxylic acids is 3. The summed E-state index contributed by atoms with van der Waals surface area (Å²) in [5.41, 5.74) is 0.786. The normalized spacial score (nSPS) is 20.1. The van der Waals surface area contributed by atoms with Crippen LogP contribution in [-0.4, -0.2) is 83.5 Å². The number of aromatic nitrogens is 2. The first-order valence-electron chi connectivity index (χ1n) is 14.6. The third-order valence-electron chi connectivity index (χ3n) is 8.96. The maximum Gasteiger partial charge on any atom is 0.291 e. The van der Waals surface area contributed by atoms with Crippen molar-refractivity contribution in [3.05, 3.63) is 64.6 Å². The molecule has 2 atom stereocenters. The summed E-state index contributed by atoms with van der Waals surface area (Å²) in [6.07, 6.45) is 3.03. The van der Waals surface area contributed by atoms with E-state index in [1.165, 1.54) is 43.1 Å². The maximum atomic E-state index is 14.7. The maximum absolute atomic E-state index is 14.7. The van der Waals surface area contributed by atoms with Gasteiger partial charge in [0.1, 0.15) is 0 Å². The highest BCUT2D eigenvalue weighted by Gasteiger charge is 2.44. The quantitative estimate of drug-likeness (QED) is 0.431. The molecule has 3 aliphatic rings. The number of benzene rings is 2. The molecule has 10 nitrogen and oxygen atoms in total. The molecule has 3 fully saturated rings. The van der Waals surface area contributed by atoms with Gasteiger partial charge in [-0.3, -0.25) is 14.4 Å². The molecule has 0 aliphatic carbocycles. The zero-order valence-electron chi connectivity index (χ0n) is 24.4. The van der Waals surface area contributed by atoms with Crippen LogP contribution < -0.4 is 15.4 Å². The second-order valence-electron chi connectivity index (χ2n) is 11.6. The lowest BCUT2D eigenvalue weighted by Gasteiger charge is -2.28. The fourth-order valence-corrected chi connectivity index (χ4v) is 6.81. The average Bonchev–Trinajstić information content (AvgIpc) is 3.72. The Kier molecular flexibility index (Phi) is 8.30. The predicted octanol–water partition coefficient (Wildman–Crippen LogP) is 3.81. The molecule has 3 saturated heterocycles. The van der Waals surface area contributed by atoms with Gasteiger partial charge in [0.05, 0.1) is 29.6 Å². The number of nitrogens with zero attached hydrogens (tertiary/aromatic N) is 4. The number of halogens is 3. The van der Waals surface area contributed by atoms with E-state index in [2.05, 4.69) is 15.6 Å². The number of carbonyl (C=O) groups is 3. The molecule has 0 spiro atoms. The molecule has 232 valence electrons. The highest BCUT2D eigenvalue weighted by molar-refractivity contribution is 6.34. The van der Waals surface area contributed by atoms with E-state index >= 15 is 0 Å². The molecule has 1 aromatic heterocycles. The van der Waals surface area contributed by atoms with Gasteiger partial charge in [-0.1, -0.05) is 11.6 Å². The number of nitrogens with one attached hydrogen (secondary N) is 2. The number of piperidine rings is 1. The number of amides is 3. The average molecular weight is 627 g/mol. The highest BCUT2D eigenvalue weighted by atomic mass is 35.5. The van der Waals surface area contributed by atoms with Crippen LogP contribution in [0.2, 0.25) is 5.02 Å². The zero-order valence-corrected chi connectivity index (χ0v) is 25.2. The lowest BCUT2D eigenvalue weighted by Crippen LogP contribution is -2.41. The van der Waals surface area contributed by atoms with Gasteiger partial charge in [-0.05, 0) is 56.3 Å². The number of imidazole rings is 1. The van der Waals surface area contributed by atoms with Gasteiger partial charge in [0, 0.05) is 62.2 Å². The summed E-state index contributed by atoms with van der Waals surface area (Å²) < 4.78 is 35.1. The van der Waals surface area contributed by atoms with Crippen LogP contribution in [0.5, 0.6) is 5.75 Å². The van der Waals surface area contributed by atoms with Crippen LogP contribution in [0.25, 0.3) is 11.3 Å². The molecule has 44 heavy (non-hydrogen) atoms. The van der Waals surface area contributed by atoms with Crippen molar-refractivity contribution in [2.24, 2.45) is 24.8 Å². The van der Waals surface area contributed by atoms with Gasteiger partial charge < -0.3 is 29.7 Å². The summed E-state index contributed by atoms with van der Waals surface area (Å²) in [6, 6.07) is 7.29. The van der Waals surface area contributed by atoms with Crippen molar-refractivity contribution in [3.8, 4) is 17.0 Å². The number of likely N-dealkylation sites (tertiary alicyclic amines) is 2. The Labute approximate surface area is 258 Å². The minimum absolute atomic E-state index is 0.0387. The van der Waals surface area contributed by atoms with Crippen molar-refractivity contribution in [2.45, 2.75) is 12.8 Å². The molecule has 3 aromatic rings. The van der Waals surface area contributed by atoms with E-state index in [-0.39, 0.29) is 57.4 Å². The van der Waals surface area contributed by atoms with Crippen molar-refractivity contribution in [2.75, 3.05) is 51.7 Å². The number of fused-ring (bicyclic) bond motifs is 1. The number of methoxy groups -OCH3 is 1. The Bertz CT molecular complexity index is 1610. The summed E-state index contributed by atoms with van der Waals surface area (Å²) in [4.78, 5) is 47.3. The summed E-state index contributed by atoms with van der Waals surface area (Å²) >= 11 is 6.51. The zero-order chi connectivity index (χ0) is 31.1. The first-order valence-corrected chi connectivity index (χ1v) is 15.0. The third kappa shape index (κ3) is 5.52. The van der Waals surface area contributed by atoms with Crippen molar-refractivity contribution < 1.29 is 27.9 Å². The number of ether oxygens (including phenoxy) is 1. The van der Waals surface area contributed by atoms with Crippen LogP contribution in [-0.2, 0) is 11.8 Å². The van der Waals surface area contributed by atoms with Gasteiger partial charge in [0.15, 0.2) is 17.4 Å². The van der Waals surface area contributed by atoms with E-state index < -0.39 is 17.5 Å². The third-order valence-corrected chi connectivity index (χ3v) is 9.28. The largest absolute Gasteiger partial charge is 0.494 e. The summed E-state index contributed by atoms with van der Waals surface area (Å²) in [5, 5.41) is 6.18. The van der Waals surface area contributed by atoms with Crippen LogP contribution in [0.3, 0.4) is 0 Å². The van der Waals surface area contributed by atoms with E-state index in [1.54, 1.807) is 17.0 Å². The first kappa shape index (κ1) is 30.0. The van der Waals surface area contributed by atoms with E-state index in [0.29, 0.717) is 37.4 Å². The number of hydrogen-bond donors (Lipinski definition) is 2. The van der Waals surface area contributed by atoms with Crippen LogP contribution in [0.4, 0.5) is 14.5 Å². The number of rotatable bonds is 6. The van der Waals surface area contributed by atoms with E-state index in [9.17, 15) is 23.2 Å². The molecule has 0 unspecified atom stereocenters. The molecule has 2 aromatic carbocycles.